The van der Waals surface area contributed by atoms with E-state index in [1.54, 1.807) is 6.07 Å². The van der Waals surface area contributed by atoms with Gasteiger partial charge >= 0.3 is 5.97 Å². The summed E-state index contributed by atoms with van der Waals surface area (Å²) in [6.45, 7) is 9.11. The Hall–Kier alpha value is -1.07. The molecule has 4 nitrogen and oxygen atoms in total. The third kappa shape index (κ3) is 5.21. The molecule has 1 saturated carbocycles. The van der Waals surface area contributed by atoms with E-state index >= 15 is 0 Å². The molecule has 1 aromatic rings. The van der Waals surface area contributed by atoms with Gasteiger partial charge in [-0.2, -0.15) is 0 Å². The first-order valence-corrected chi connectivity index (χ1v) is 11.4. The van der Waals surface area contributed by atoms with Crippen molar-refractivity contribution in [3.8, 4) is 0 Å². The van der Waals surface area contributed by atoms with Gasteiger partial charge in [-0.25, -0.2) is 0 Å². The van der Waals surface area contributed by atoms with Gasteiger partial charge in [-0.15, -0.1) is 0 Å². The zero-order valence-electron chi connectivity index (χ0n) is 18.0. The predicted molar refractivity (Wildman–Crippen MR) is 120 cm³/mol. The number of benzene rings is 1. The second-order valence-electron chi connectivity index (χ2n) is 8.92. The zero-order valence-corrected chi connectivity index (χ0v) is 19.6. The molecule has 2 radical (unpaired) electrons. The molecule has 6 heteroatoms. The smallest absolute Gasteiger partial charge is 0.303 e. The van der Waals surface area contributed by atoms with Gasteiger partial charge in [0, 0.05) is 29.4 Å². The van der Waals surface area contributed by atoms with E-state index < -0.39 is 11.7 Å². The van der Waals surface area contributed by atoms with E-state index in [1.165, 1.54) is 6.92 Å². The molecular formula is C24H31Cl2NO3. The fourth-order valence-electron chi connectivity index (χ4n) is 4.92. The Kier molecular flexibility index (Phi) is 7.55. The van der Waals surface area contributed by atoms with Crippen LogP contribution < -0.4 is 5.32 Å². The third-order valence-electron chi connectivity index (χ3n) is 6.60. The number of rotatable bonds is 6. The van der Waals surface area contributed by atoms with E-state index in [-0.39, 0.29) is 17.8 Å². The van der Waals surface area contributed by atoms with Crippen LogP contribution in [0.5, 0.6) is 0 Å². The highest BCUT2D eigenvalue weighted by Gasteiger charge is 2.53. The summed E-state index contributed by atoms with van der Waals surface area (Å²) in [5.74, 6) is 0.323. The minimum atomic E-state index is -1.09. The lowest BCUT2D eigenvalue weighted by Gasteiger charge is -2.52. The summed E-state index contributed by atoms with van der Waals surface area (Å²) in [5, 5.41) is 16.3. The van der Waals surface area contributed by atoms with Crippen molar-refractivity contribution in [3.05, 3.63) is 51.9 Å². The average molecular weight is 452 g/mol. The molecule has 0 aromatic heterocycles. The van der Waals surface area contributed by atoms with Crippen LogP contribution in [0.15, 0.2) is 29.8 Å². The Morgan fingerprint density at radius 3 is 2.63 bits per heavy atom. The number of ether oxygens (including phenoxy) is 1. The van der Waals surface area contributed by atoms with Crippen molar-refractivity contribution in [1.82, 2.24) is 5.32 Å². The minimum absolute atomic E-state index is 0.0366. The van der Waals surface area contributed by atoms with Crippen molar-refractivity contribution in [1.29, 1.82) is 0 Å². The number of esters is 1. The maximum absolute atomic E-state index is 11.5. The monoisotopic (exact) mass is 451 g/mol. The van der Waals surface area contributed by atoms with Crippen LogP contribution in [0.1, 0.15) is 46.1 Å². The van der Waals surface area contributed by atoms with Gasteiger partial charge in [0.25, 0.3) is 0 Å². The summed E-state index contributed by atoms with van der Waals surface area (Å²) < 4.78 is 5.38. The summed E-state index contributed by atoms with van der Waals surface area (Å²) in [6, 6.07) is 5.56. The first-order valence-electron chi connectivity index (χ1n) is 10.6. The van der Waals surface area contributed by atoms with Crippen LogP contribution >= 0.6 is 23.2 Å². The van der Waals surface area contributed by atoms with Gasteiger partial charge in [-0.3, -0.25) is 4.79 Å². The van der Waals surface area contributed by atoms with Gasteiger partial charge in [0.05, 0.1) is 12.0 Å². The van der Waals surface area contributed by atoms with Crippen molar-refractivity contribution in [2.45, 2.75) is 58.8 Å². The second kappa shape index (κ2) is 9.60. The van der Waals surface area contributed by atoms with Crippen LogP contribution in [0, 0.1) is 30.1 Å². The SMILES string of the molecule is CC(=O)O[C@@H]1[C][C@@]2(O)[C@H](C)CC[C@@H]([C@H](C)CNCc3cc(Cl)cc(Cl)c3)[C@H]2C=C1C. The van der Waals surface area contributed by atoms with Crippen LogP contribution in [-0.4, -0.2) is 29.3 Å². The zero-order chi connectivity index (χ0) is 22.1. The maximum Gasteiger partial charge on any atom is 0.303 e. The van der Waals surface area contributed by atoms with Crippen LogP contribution in [-0.2, 0) is 16.1 Å². The second-order valence-corrected chi connectivity index (χ2v) is 9.80. The minimum Gasteiger partial charge on any atom is -0.457 e. The Bertz CT molecular complexity index is 791. The topological polar surface area (TPSA) is 58.6 Å². The normalized spacial score (nSPS) is 32.2. The molecule has 2 aliphatic carbocycles. The van der Waals surface area contributed by atoms with Crippen molar-refractivity contribution in [2.75, 3.05) is 6.54 Å². The highest BCUT2D eigenvalue weighted by atomic mass is 35.5. The number of hydrogen-bond acceptors (Lipinski definition) is 4. The average Bonchev–Trinajstić information content (AvgIpc) is 2.63. The van der Waals surface area contributed by atoms with Gasteiger partial charge in [0.15, 0.2) is 0 Å². The van der Waals surface area contributed by atoms with Crippen molar-refractivity contribution >= 4 is 29.2 Å². The Labute approximate surface area is 190 Å². The molecule has 0 spiro atoms. The fourth-order valence-corrected chi connectivity index (χ4v) is 5.49. The van der Waals surface area contributed by atoms with Crippen molar-refractivity contribution in [3.63, 3.8) is 0 Å². The van der Waals surface area contributed by atoms with Gasteiger partial charge in [-0.05, 0) is 73.4 Å². The van der Waals surface area contributed by atoms with E-state index in [1.807, 2.05) is 19.1 Å². The largest absolute Gasteiger partial charge is 0.457 e. The molecule has 0 aliphatic heterocycles. The molecule has 2 aliphatic rings. The number of fused-ring (bicyclic) bond motifs is 1. The highest BCUT2D eigenvalue weighted by Crippen LogP contribution is 2.50. The summed E-state index contributed by atoms with van der Waals surface area (Å²) >= 11 is 12.2. The lowest BCUT2D eigenvalue weighted by atomic mass is 9.57. The molecule has 30 heavy (non-hydrogen) atoms. The third-order valence-corrected chi connectivity index (χ3v) is 7.04. The summed E-state index contributed by atoms with van der Waals surface area (Å²) in [4.78, 5) is 11.5. The molecule has 1 aromatic carbocycles. The molecule has 0 saturated heterocycles. The van der Waals surface area contributed by atoms with Gasteiger partial charge < -0.3 is 15.2 Å². The predicted octanol–water partition coefficient (Wildman–Crippen LogP) is 5.09. The summed E-state index contributed by atoms with van der Waals surface area (Å²) in [6.07, 6.45) is 6.73. The first kappa shape index (κ1) is 23.6. The molecule has 6 atom stereocenters. The molecule has 0 amide bonds. The number of halogens is 2. The summed E-state index contributed by atoms with van der Waals surface area (Å²) in [7, 11) is 0. The van der Waals surface area contributed by atoms with Crippen molar-refractivity contribution in [2.24, 2.45) is 23.7 Å². The molecule has 2 N–H and O–H groups in total. The van der Waals surface area contributed by atoms with Gasteiger partial charge in [-0.1, -0.05) is 43.1 Å². The van der Waals surface area contributed by atoms with E-state index in [0.29, 0.717) is 28.4 Å². The molecule has 1 fully saturated rings. The van der Waals surface area contributed by atoms with Crippen LogP contribution in [0.25, 0.3) is 0 Å². The Balaban J connectivity index is 1.69. The van der Waals surface area contributed by atoms with E-state index in [0.717, 1.165) is 30.5 Å². The number of carbonyl (C=O) groups excluding carboxylic acids is 1. The van der Waals surface area contributed by atoms with E-state index in [2.05, 4.69) is 31.7 Å². The molecule has 0 heterocycles. The van der Waals surface area contributed by atoms with Crippen LogP contribution in [0.2, 0.25) is 10.0 Å². The molecule has 0 unspecified atom stereocenters. The lowest BCUT2D eigenvalue weighted by molar-refractivity contribution is -0.148. The standard InChI is InChI=1S/C24H31Cl2NO3/c1-14-7-22-21(6-5-16(3)24(22,29)11-23(14)30-17(4)28)15(2)12-27-13-18-8-19(25)10-20(26)9-18/h7-10,15-16,21-23,27,29H,5-6,12-13H2,1-4H3/t15-,16-,21+,22-,23-,24-/m1/s1. The number of hydrogen-bond donors (Lipinski definition) is 2. The molecule has 164 valence electrons. The van der Waals surface area contributed by atoms with E-state index in [4.69, 9.17) is 27.9 Å². The molecule has 3 rings (SSSR count). The van der Waals surface area contributed by atoms with Gasteiger partial charge in [0.2, 0.25) is 0 Å². The van der Waals surface area contributed by atoms with Crippen LogP contribution in [0.3, 0.4) is 0 Å². The maximum atomic E-state index is 11.5. The number of nitrogens with one attached hydrogen (secondary N) is 1. The van der Waals surface area contributed by atoms with Crippen molar-refractivity contribution < 1.29 is 14.6 Å². The molecule has 0 bridgehead atoms. The number of aliphatic hydroxyl groups is 1. The quantitative estimate of drug-likeness (QED) is 0.467. The Morgan fingerprint density at radius 1 is 1.33 bits per heavy atom. The highest BCUT2D eigenvalue weighted by molar-refractivity contribution is 6.34. The van der Waals surface area contributed by atoms with E-state index in [9.17, 15) is 9.90 Å². The first-order chi connectivity index (χ1) is 14.1. The van der Waals surface area contributed by atoms with Gasteiger partial charge in [0.1, 0.15) is 6.10 Å². The summed E-state index contributed by atoms with van der Waals surface area (Å²) in [5.41, 5.74) is 0.901. The fraction of sp³-hybridized carbons (Fsp3) is 0.583. The molecular weight excluding hydrogens is 421 g/mol. The number of carbonyl (C=O) groups is 1. The van der Waals surface area contributed by atoms with Crippen LogP contribution in [0.4, 0.5) is 0 Å². The lowest BCUT2D eigenvalue weighted by Crippen LogP contribution is -2.56. The Morgan fingerprint density at radius 2 is 2.00 bits per heavy atom.